The predicted molar refractivity (Wildman–Crippen MR) is 69.8 cm³/mol. The fraction of sp³-hybridized carbons (Fsp3) is 0.538. The quantitative estimate of drug-likeness (QED) is 0.875. The van der Waals surface area contributed by atoms with E-state index < -0.39 is 0 Å². The van der Waals surface area contributed by atoms with Gasteiger partial charge in [-0.25, -0.2) is 9.97 Å². The summed E-state index contributed by atoms with van der Waals surface area (Å²) >= 11 is 0. The molecule has 92 valence electrons. The smallest absolute Gasteiger partial charge is 0.143 e. The molecule has 2 heterocycles. The van der Waals surface area contributed by atoms with Gasteiger partial charge in [-0.15, -0.1) is 0 Å². The molecule has 2 aromatic rings. The third-order valence-corrected chi connectivity index (χ3v) is 2.88. The van der Waals surface area contributed by atoms with E-state index in [2.05, 4.69) is 39.9 Å². The second-order valence-electron chi connectivity index (χ2n) is 4.91. The van der Waals surface area contributed by atoms with E-state index in [4.69, 9.17) is 0 Å². The zero-order valence-corrected chi connectivity index (χ0v) is 11.0. The first-order valence-electron chi connectivity index (χ1n) is 6.05. The first-order valence-corrected chi connectivity index (χ1v) is 6.05. The van der Waals surface area contributed by atoms with Gasteiger partial charge in [0.15, 0.2) is 0 Å². The molecular formula is C13H20N4. The Kier molecular flexibility index (Phi) is 3.43. The summed E-state index contributed by atoms with van der Waals surface area (Å²) in [6.07, 6.45) is 4.81. The lowest BCUT2D eigenvalue weighted by Crippen LogP contribution is -2.06. The maximum atomic E-state index is 4.45. The van der Waals surface area contributed by atoms with E-state index in [0.717, 1.165) is 24.3 Å². The number of aromatic nitrogens is 3. The van der Waals surface area contributed by atoms with Crippen LogP contribution in [0.4, 0.5) is 0 Å². The van der Waals surface area contributed by atoms with Crippen molar-refractivity contribution in [3.63, 3.8) is 0 Å². The molecule has 0 unspecified atom stereocenters. The van der Waals surface area contributed by atoms with Gasteiger partial charge >= 0.3 is 0 Å². The largest absolute Gasteiger partial charge is 0.335 e. The number of hydrogen-bond donors (Lipinski definition) is 1. The molecule has 0 atom stereocenters. The molecular weight excluding hydrogens is 212 g/mol. The van der Waals surface area contributed by atoms with Crippen LogP contribution in [0.15, 0.2) is 12.5 Å². The van der Waals surface area contributed by atoms with Crippen LogP contribution in [0.25, 0.3) is 11.0 Å². The molecule has 4 nitrogen and oxygen atoms in total. The molecule has 4 heteroatoms. The van der Waals surface area contributed by atoms with Crippen LogP contribution < -0.4 is 5.32 Å². The number of nitrogens with one attached hydrogen (secondary N) is 1. The van der Waals surface area contributed by atoms with Crippen molar-refractivity contribution in [2.75, 3.05) is 7.05 Å². The van der Waals surface area contributed by atoms with E-state index in [-0.39, 0.29) is 0 Å². The van der Waals surface area contributed by atoms with Crippen molar-refractivity contribution in [2.45, 2.75) is 26.8 Å². The van der Waals surface area contributed by atoms with Crippen molar-refractivity contribution in [3.8, 4) is 0 Å². The van der Waals surface area contributed by atoms with Crippen LogP contribution in [0, 0.1) is 5.92 Å². The standard InChI is InChI=1S/C13H20N4/c1-9(2)5-11-12-10(6-14-3)7-17(4)13(12)16-8-15-11/h7-9,14H,5-6H2,1-4H3. The lowest BCUT2D eigenvalue weighted by atomic mass is 10.0. The lowest BCUT2D eigenvalue weighted by Gasteiger charge is -2.07. The summed E-state index contributed by atoms with van der Waals surface area (Å²) in [5, 5.41) is 4.42. The summed E-state index contributed by atoms with van der Waals surface area (Å²) in [5.41, 5.74) is 3.47. The Hall–Kier alpha value is -1.42. The number of nitrogens with zero attached hydrogens (tertiary/aromatic N) is 3. The number of aryl methyl sites for hydroxylation is 1. The van der Waals surface area contributed by atoms with E-state index in [0.29, 0.717) is 5.92 Å². The van der Waals surface area contributed by atoms with Crippen LogP contribution in [-0.2, 0) is 20.0 Å². The summed E-state index contributed by atoms with van der Waals surface area (Å²) in [6, 6.07) is 0. The van der Waals surface area contributed by atoms with E-state index in [1.165, 1.54) is 10.9 Å². The molecule has 0 amide bonds. The lowest BCUT2D eigenvalue weighted by molar-refractivity contribution is 0.637. The van der Waals surface area contributed by atoms with E-state index in [1.807, 2.05) is 14.1 Å². The van der Waals surface area contributed by atoms with Gasteiger partial charge in [-0.3, -0.25) is 0 Å². The predicted octanol–water partition coefficient (Wildman–Crippen LogP) is 1.89. The zero-order chi connectivity index (χ0) is 12.4. The fourth-order valence-electron chi connectivity index (χ4n) is 2.23. The number of rotatable bonds is 4. The summed E-state index contributed by atoms with van der Waals surface area (Å²) in [4.78, 5) is 8.83. The van der Waals surface area contributed by atoms with Gasteiger partial charge < -0.3 is 9.88 Å². The Bertz CT molecular complexity index is 513. The summed E-state index contributed by atoms with van der Waals surface area (Å²) in [6.45, 7) is 5.29. The van der Waals surface area contributed by atoms with Crippen LogP contribution in [0.1, 0.15) is 25.1 Å². The molecule has 0 saturated carbocycles. The summed E-state index contributed by atoms with van der Waals surface area (Å²) < 4.78 is 2.08. The van der Waals surface area contributed by atoms with Crippen molar-refractivity contribution >= 4 is 11.0 Å². The van der Waals surface area contributed by atoms with E-state index >= 15 is 0 Å². The van der Waals surface area contributed by atoms with Gasteiger partial charge in [0.1, 0.15) is 12.0 Å². The van der Waals surface area contributed by atoms with Crippen molar-refractivity contribution in [1.82, 2.24) is 19.9 Å². The molecule has 17 heavy (non-hydrogen) atoms. The highest BCUT2D eigenvalue weighted by atomic mass is 15.0. The third-order valence-electron chi connectivity index (χ3n) is 2.88. The highest BCUT2D eigenvalue weighted by molar-refractivity contribution is 5.82. The van der Waals surface area contributed by atoms with Crippen molar-refractivity contribution in [1.29, 1.82) is 0 Å². The molecule has 1 N–H and O–H groups in total. The van der Waals surface area contributed by atoms with Crippen LogP contribution in [0.5, 0.6) is 0 Å². The van der Waals surface area contributed by atoms with Gasteiger partial charge in [0.25, 0.3) is 0 Å². The minimum absolute atomic E-state index is 0.607. The van der Waals surface area contributed by atoms with Crippen molar-refractivity contribution in [3.05, 3.63) is 23.8 Å². The first-order chi connectivity index (χ1) is 8.13. The molecule has 0 aliphatic carbocycles. The third kappa shape index (κ3) is 2.31. The Morgan fingerprint density at radius 1 is 1.35 bits per heavy atom. The Balaban J connectivity index is 2.59. The number of fused-ring (bicyclic) bond motifs is 1. The van der Waals surface area contributed by atoms with Crippen molar-refractivity contribution in [2.24, 2.45) is 13.0 Å². The maximum Gasteiger partial charge on any atom is 0.143 e. The molecule has 0 aliphatic heterocycles. The number of hydrogen-bond acceptors (Lipinski definition) is 3. The molecule has 0 aliphatic rings. The molecule has 0 aromatic carbocycles. The summed E-state index contributed by atoms with van der Waals surface area (Å²) in [7, 11) is 4.00. The normalized spacial score (nSPS) is 11.6. The SMILES string of the molecule is CNCc1cn(C)c2ncnc(CC(C)C)c12. The Morgan fingerprint density at radius 2 is 2.12 bits per heavy atom. The molecule has 2 rings (SSSR count). The Labute approximate surface area is 102 Å². The highest BCUT2D eigenvalue weighted by Gasteiger charge is 2.13. The van der Waals surface area contributed by atoms with Crippen molar-refractivity contribution < 1.29 is 0 Å². The maximum absolute atomic E-state index is 4.45. The Morgan fingerprint density at radius 3 is 2.76 bits per heavy atom. The van der Waals surface area contributed by atoms with Crippen LogP contribution in [-0.4, -0.2) is 21.6 Å². The zero-order valence-electron chi connectivity index (χ0n) is 11.0. The molecule has 2 aromatic heterocycles. The minimum atomic E-state index is 0.607. The van der Waals surface area contributed by atoms with E-state index in [9.17, 15) is 0 Å². The van der Waals surface area contributed by atoms with E-state index in [1.54, 1.807) is 6.33 Å². The second-order valence-corrected chi connectivity index (χ2v) is 4.91. The van der Waals surface area contributed by atoms with Crippen LogP contribution >= 0.6 is 0 Å². The molecule has 0 radical (unpaired) electrons. The van der Waals surface area contributed by atoms with Crippen LogP contribution in [0.2, 0.25) is 0 Å². The van der Waals surface area contributed by atoms with Gasteiger partial charge in [-0.1, -0.05) is 13.8 Å². The highest BCUT2D eigenvalue weighted by Crippen LogP contribution is 2.23. The molecule has 0 spiro atoms. The average molecular weight is 232 g/mol. The molecule has 0 saturated heterocycles. The van der Waals surface area contributed by atoms with Gasteiger partial charge in [-0.2, -0.15) is 0 Å². The van der Waals surface area contributed by atoms with Crippen LogP contribution in [0.3, 0.4) is 0 Å². The van der Waals surface area contributed by atoms with Gasteiger partial charge in [0, 0.05) is 25.2 Å². The monoisotopic (exact) mass is 232 g/mol. The average Bonchev–Trinajstić information content (AvgIpc) is 2.57. The first kappa shape index (κ1) is 12.0. The fourth-order valence-corrected chi connectivity index (χ4v) is 2.23. The van der Waals surface area contributed by atoms with Gasteiger partial charge in [0.05, 0.1) is 5.69 Å². The van der Waals surface area contributed by atoms with Gasteiger partial charge in [-0.05, 0) is 24.9 Å². The molecule has 0 bridgehead atoms. The second kappa shape index (κ2) is 4.84. The topological polar surface area (TPSA) is 42.7 Å². The van der Waals surface area contributed by atoms with Gasteiger partial charge in [0.2, 0.25) is 0 Å². The minimum Gasteiger partial charge on any atom is -0.335 e. The summed E-state index contributed by atoms with van der Waals surface area (Å²) in [5.74, 6) is 0.607. The molecule has 0 fully saturated rings.